The molecule has 1 aliphatic rings. The molecule has 1 aliphatic carbocycles. The average molecular weight is 259 g/mol. The summed E-state index contributed by atoms with van der Waals surface area (Å²) < 4.78 is 5.35. The molecule has 0 saturated heterocycles. The van der Waals surface area contributed by atoms with Gasteiger partial charge in [-0.15, -0.1) is 0 Å². The quantitative estimate of drug-likeness (QED) is 0.793. The van der Waals surface area contributed by atoms with Gasteiger partial charge in [-0.1, -0.05) is 49.6 Å². The molecule has 19 heavy (non-hydrogen) atoms. The van der Waals surface area contributed by atoms with Gasteiger partial charge in [-0.3, -0.25) is 4.90 Å². The lowest BCUT2D eigenvalue weighted by atomic mass is 9.94. The van der Waals surface area contributed by atoms with Crippen molar-refractivity contribution in [2.45, 2.75) is 38.1 Å². The fourth-order valence-corrected chi connectivity index (χ4v) is 2.82. The minimum Gasteiger partial charge on any atom is -0.496 e. The third-order valence-electron chi connectivity index (χ3n) is 4.03. The molecule has 2 nitrogen and oxygen atoms in total. The zero-order valence-electron chi connectivity index (χ0n) is 12.1. The topological polar surface area (TPSA) is 12.5 Å². The van der Waals surface area contributed by atoms with E-state index in [1.54, 1.807) is 7.11 Å². The zero-order valence-corrected chi connectivity index (χ0v) is 12.1. The number of rotatable bonds is 5. The molecule has 0 unspecified atom stereocenters. The van der Waals surface area contributed by atoms with E-state index in [0.29, 0.717) is 0 Å². The van der Waals surface area contributed by atoms with Crippen LogP contribution in [-0.2, 0) is 0 Å². The number of nitrogens with zero attached hydrogens (tertiary/aromatic N) is 1. The first-order chi connectivity index (χ1) is 9.31. The number of ether oxygens (including phenoxy) is 1. The van der Waals surface area contributed by atoms with Crippen LogP contribution in [-0.4, -0.2) is 31.6 Å². The fourth-order valence-electron chi connectivity index (χ4n) is 2.82. The molecule has 1 aromatic carbocycles. The number of para-hydroxylation sites is 1. The van der Waals surface area contributed by atoms with E-state index in [4.69, 9.17) is 4.74 Å². The first-order valence-corrected chi connectivity index (χ1v) is 7.31. The van der Waals surface area contributed by atoms with Crippen LogP contribution in [0.25, 0.3) is 6.08 Å². The molecule has 1 saturated carbocycles. The molecule has 104 valence electrons. The second-order valence-electron chi connectivity index (χ2n) is 5.38. The summed E-state index contributed by atoms with van der Waals surface area (Å²) >= 11 is 0. The zero-order chi connectivity index (χ0) is 13.5. The summed E-state index contributed by atoms with van der Waals surface area (Å²) in [6, 6.07) is 8.92. The standard InChI is InChI=1S/C17H25NO/c1-18(16-11-4-3-5-12-16)14-8-10-15-9-6-7-13-17(15)19-2/h6-10,13,16H,3-5,11-12,14H2,1-2H3/b10-8+. The monoisotopic (exact) mass is 259 g/mol. The minimum atomic E-state index is 0.774. The maximum absolute atomic E-state index is 5.35. The van der Waals surface area contributed by atoms with E-state index >= 15 is 0 Å². The third kappa shape index (κ3) is 4.10. The van der Waals surface area contributed by atoms with Crippen LogP contribution >= 0.6 is 0 Å². The molecule has 0 radical (unpaired) electrons. The molecule has 0 N–H and O–H groups in total. The smallest absolute Gasteiger partial charge is 0.126 e. The number of benzene rings is 1. The van der Waals surface area contributed by atoms with E-state index in [1.165, 1.54) is 32.1 Å². The van der Waals surface area contributed by atoms with Crippen molar-refractivity contribution in [2.24, 2.45) is 0 Å². The van der Waals surface area contributed by atoms with Gasteiger partial charge in [-0.2, -0.15) is 0 Å². The molecule has 2 rings (SSSR count). The van der Waals surface area contributed by atoms with Gasteiger partial charge in [0.25, 0.3) is 0 Å². The van der Waals surface area contributed by atoms with Crippen molar-refractivity contribution >= 4 is 6.08 Å². The number of hydrogen-bond donors (Lipinski definition) is 0. The molecule has 0 bridgehead atoms. The van der Waals surface area contributed by atoms with E-state index in [2.05, 4.69) is 30.2 Å². The SMILES string of the molecule is COc1ccccc1/C=C/CN(C)C1CCCCC1. The predicted molar refractivity (Wildman–Crippen MR) is 81.5 cm³/mol. The molecule has 1 aromatic rings. The average Bonchev–Trinajstić information content (AvgIpc) is 2.48. The Hall–Kier alpha value is -1.28. The van der Waals surface area contributed by atoms with Crippen molar-refractivity contribution in [2.75, 3.05) is 20.7 Å². The third-order valence-corrected chi connectivity index (χ3v) is 4.03. The van der Waals surface area contributed by atoms with Crippen LogP contribution in [0.5, 0.6) is 5.75 Å². The summed E-state index contributed by atoms with van der Waals surface area (Å²) in [5.74, 6) is 0.944. The van der Waals surface area contributed by atoms with Crippen molar-refractivity contribution in [1.29, 1.82) is 0 Å². The summed E-state index contributed by atoms with van der Waals surface area (Å²) in [5, 5.41) is 0. The van der Waals surface area contributed by atoms with Crippen molar-refractivity contribution in [3.63, 3.8) is 0 Å². The van der Waals surface area contributed by atoms with Crippen LogP contribution < -0.4 is 4.74 Å². The molecule has 2 heteroatoms. The second kappa shape index (κ2) is 7.34. The highest BCUT2D eigenvalue weighted by Crippen LogP contribution is 2.22. The maximum atomic E-state index is 5.35. The lowest BCUT2D eigenvalue weighted by Gasteiger charge is -2.30. The molecule has 0 heterocycles. The van der Waals surface area contributed by atoms with Crippen LogP contribution in [0.4, 0.5) is 0 Å². The molecule has 0 spiro atoms. The molecule has 0 aromatic heterocycles. The Morgan fingerprint density at radius 1 is 1.21 bits per heavy atom. The van der Waals surface area contributed by atoms with Gasteiger partial charge in [0.15, 0.2) is 0 Å². The van der Waals surface area contributed by atoms with E-state index in [0.717, 1.165) is 23.9 Å². The Balaban J connectivity index is 1.88. The van der Waals surface area contributed by atoms with Gasteiger partial charge in [0.2, 0.25) is 0 Å². The first-order valence-electron chi connectivity index (χ1n) is 7.31. The molecular formula is C17H25NO. The van der Waals surface area contributed by atoms with E-state index in [-0.39, 0.29) is 0 Å². The van der Waals surface area contributed by atoms with Crippen LogP contribution in [0.15, 0.2) is 30.3 Å². The van der Waals surface area contributed by atoms with E-state index in [9.17, 15) is 0 Å². The van der Waals surface area contributed by atoms with Crippen molar-refractivity contribution in [3.8, 4) is 5.75 Å². The number of methoxy groups -OCH3 is 1. The van der Waals surface area contributed by atoms with Gasteiger partial charge in [-0.25, -0.2) is 0 Å². The summed E-state index contributed by atoms with van der Waals surface area (Å²) in [7, 11) is 3.96. The predicted octanol–water partition coefficient (Wildman–Crippen LogP) is 3.97. The lowest BCUT2D eigenvalue weighted by Crippen LogP contribution is -2.33. The Morgan fingerprint density at radius 3 is 2.68 bits per heavy atom. The van der Waals surface area contributed by atoms with Crippen LogP contribution in [0.1, 0.15) is 37.7 Å². The largest absolute Gasteiger partial charge is 0.496 e. The second-order valence-corrected chi connectivity index (χ2v) is 5.38. The fraction of sp³-hybridized carbons (Fsp3) is 0.529. The maximum Gasteiger partial charge on any atom is 0.126 e. The summed E-state index contributed by atoms with van der Waals surface area (Å²) in [4.78, 5) is 2.48. The van der Waals surface area contributed by atoms with Crippen molar-refractivity contribution in [3.05, 3.63) is 35.9 Å². The normalized spacial score (nSPS) is 17.2. The summed E-state index contributed by atoms with van der Waals surface area (Å²) in [6.45, 7) is 1.02. The Bertz CT molecular complexity index is 407. The molecule has 1 fully saturated rings. The van der Waals surface area contributed by atoms with Crippen molar-refractivity contribution in [1.82, 2.24) is 4.90 Å². The summed E-state index contributed by atoms with van der Waals surface area (Å²) in [5.41, 5.74) is 1.15. The Kier molecular flexibility index (Phi) is 5.46. The molecular weight excluding hydrogens is 234 g/mol. The van der Waals surface area contributed by atoms with Crippen molar-refractivity contribution < 1.29 is 4.74 Å². The molecule has 0 amide bonds. The van der Waals surface area contributed by atoms with Crippen LogP contribution in [0, 0.1) is 0 Å². The van der Waals surface area contributed by atoms with Crippen LogP contribution in [0.3, 0.4) is 0 Å². The van der Waals surface area contributed by atoms with Gasteiger partial charge in [0.1, 0.15) is 5.75 Å². The van der Waals surface area contributed by atoms with Crippen LogP contribution in [0.2, 0.25) is 0 Å². The van der Waals surface area contributed by atoms with Gasteiger partial charge in [-0.05, 0) is 26.0 Å². The lowest BCUT2D eigenvalue weighted by molar-refractivity contribution is 0.209. The molecule has 0 aliphatic heterocycles. The summed E-state index contributed by atoms with van der Waals surface area (Å²) in [6.07, 6.45) is 11.3. The highest BCUT2D eigenvalue weighted by Gasteiger charge is 2.16. The van der Waals surface area contributed by atoms with Gasteiger partial charge >= 0.3 is 0 Å². The van der Waals surface area contributed by atoms with Gasteiger partial charge in [0.05, 0.1) is 7.11 Å². The number of hydrogen-bond acceptors (Lipinski definition) is 2. The van der Waals surface area contributed by atoms with Gasteiger partial charge in [0, 0.05) is 18.2 Å². The molecule has 0 atom stereocenters. The minimum absolute atomic E-state index is 0.774. The Labute approximate surface area is 117 Å². The Morgan fingerprint density at radius 2 is 1.95 bits per heavy atom. The van der Waals surface area contributed by atoms with E-state index in [1.807, 2.05) is 18.2 Å². The van der Waals surface area contributed by atoms with Gasteiger partial charge < -0.3 is 4.74 Å². The van der Waals surface area contributed by atoms with E-state index < -0.39 is 0 Å². The highest BCUT2D eigenvalue weighted by atomic mass is 16.5. The highest BCUT2D eigenvalue weighted by molar-refractivity contribution is 5.57. The first kappa shape index (κ1) is 14.1. The number of likely N-dealkylation sites (N-methyl/N-ethyl adjacent to an activating group) is 1.